The average Bonchev–Trinajstić information content (AvgIpc) is 2.36. The summed E-state index contributed by atoms with van der Waals surface area (Å²) in [6.45, 7) is 3.10. The first kappa shape index (κ1) is 14.8. The molecule has 0 aromatic heterocycles. The minimum absolute atomic E-state index is 0.0401. The van der Waals surface area contributed by atoms with Gasteiger partial charge in [-0.3, -0.25) is 9.59 Å². The van der Waals surface area contributed by atoms with Gasteiger partial charge in [0.25, 0.3) is 0 Å². The summed E-state index contributed by atoms with van der Waals surface area (Å²) in [5.74, 6) is -0.725. The SMILES string of the molecule is CCC1NC(=O)CCN(C(C)CC(F)(F)F)C1=O. The van der Waals surface area contributed by atoms with Gasteiger partial charge in [-0.1, -0.05) is 6.92 Å². The van der Waals surface area contributed by atoms with Crippen LogP contribution in [0.2, 0.25) is 0 Å². The van der Waals surface area contributed by atoms with Crippen molar-refractivity contribution in [2.75, 3.05) is 6.54 Å². The lowest BCUT2D eigenvalue weighted by Crippen LogP contribution is -2.48. The van der Waals surface area contributed by atoms with E-state index in [2.05, 4.69) is 5.32 Å². The summed E-state index contributed by atoms with van der Waals surface area (Å²) in [7, 11) is 0. The Balaban J connectivity index is 2.79. The first-order valence-electron chi connectivity index (χ1n) is 5.91. The maximum absolute atomic E-state index is 12.3. The van der Waals surface area contributed by atoms with Crippen LogP contribution in [0.3, 0.4) is 0 Å². The van der Waals surface area contributed by atoms with Gasteiger partial charge in [-0.05, 0) is 13.3 Å². The first-order chi connectivity index (χ1) is 8.24. The summed E-state index contributed by atoms with van der Waals surface area (Å²) < 4.78 is 37.0. The zero-order chi connectivity index (χ0) is 13.9. The van der Waals surface area contributed by atoms with E-state index < -0.39 is 30.6 Å². The molecule has 0 saturated carbocycles. The van der Waals surface area contributed by atoms with Crippen LogP contribution in [0.5, 0.6) is 0 Å². The van der Waals surface area contributed by atoms with E-state index in [0.29, 0.717) is 6.42 Å². The largest absolute Gasteiger partial charge is 0.391 e. The van der Waals surface area contributed by atoms with Crippen LogP contribution < -0.4 is 5.32 Å². The van der Waals surface area contributed by atoms with Crippen molar-refractivity contribution in [1.82, 2.24) is 10.2 Å². The Morgan fingerprint density at radius 2 is 2.06 bits per heavy atom. The summed E-state index contributed by atoms with van der Waals surface area (Å²) in [6.07, 6.45) is -4.95. The Kier molecular flexibility index (Phi) is 4.59. The van der Waals surface area contributed by atoms with Crippen LogP contribution in [0.15, 0.2) is 0 Å². The summed E-state index contributed by atoms with van der Waals surface area (Å²) in [4.78, 5) is 24.5. The third-order valence-electron chi connectivity index (χ3n) is 2.96. The molecule has 0 bridgehead atoms. The Morgan fingerprint density at radius 3 is 2.56 bits per heavy atom. The van der Waals surface area contributed by atoms with Gasteiger partial charge >= 0.3 is 6.18 Å². The van der Waals surface area contributed by atoms with E-state index >= 15 is 0 Å². The zero-order valence-corrected chi connectivity index (χ0v) is 10.4. The number of hydrogen-bond acceptors (Lipinski definition) is 2. The molecular formula is C11H17F3N2O2. The molecule has 2 atom stereocenters. The predicted octanol–water partition coefficient (Wildman–Crippen LogP) is 1.45. The predicted molar refractivity (Wildman–Crippen MR) is 58.7 cm³/mol. The van der Waals surface area contributed by atoms with E-state index in [1.54, 1.807) is 6.92 Å². The van der Waals surface area contributed by atoms with Crippen molar-refractivity contribution in [2.24, 2.45) is 0 Å². The molecule has 4 nitrogen and oxygen atoms in total. The van der Waals surface area contributed by atoms with E-state index in [-0.39, 0.29) is 18.9 Å². The summed E-state index contributed by atoms with van der Waals surface area (Å²) in [6, 6.07) is -1.66. The Labute approximate surface area is 104 Å². The highest BCUT2D eigenvalue weighted by molar-refractivity contribution is 5.90. The molecule has 7 heteroatoms. The Morgan fingerprint density at radius 1 is 1.44 bits per heavy atom. The highest BCUT2D eigenvalue weighted by Crippen LogP contribution is 2.25. The molecule has 0 spiro atoms. The van der Waals surface area contributed by atoms with Crippen LogP contribution in [-0.4, -0.2) is 41.5 Å². The van der Waals surface area contributed by atoms with Gasteiger partial charge in [0, 0.05) is 19.0 Å². The van der Waals surface area contributed by atoms with Crippen molar-refractivity contribution >= 4 is 11.8 Å². The number of hydrogen-bond donors (Lipinski definition) is 1. The fourth-order valence-electron chi connectivity index (χ4n) is 2.02. The van der Waals surface area contributed by atoms with Crippen LogP contribution in [0, 0.1) is 0 Å². The van der Waals surface area contributed by atoms with Gasteiger partial charge in [0.1, 0.15) is 6.04 Å². The van der Waals surface area contributed by atoms with Crippen molar-refractivity contribution in [3.63, 3.8) is 0 Å². The molecule has 1 fully saturated rings. The third kappa shape index (κ3) is 3.89. The highest BCUT2D eigenvalue weighted by atomic mass is 19.4. The first-order valence-corrected chi connectivity index (χ1v) is 5.91. The molecule has 1 saturated heterocycles. The van der Waals surface area contributed by atoms with Gasteiger partial charge in [-0.2, -0.15) is 13.2 Å². The van der Waals surface area contributed by atoms with Gasteiger partial charge in [-0.15, -0.1) is 0 Å². The van der Waals surface area contributed by atoms with E-state index in [1.807, 2.05) is 0 Å². The van der Waals surface area contributed by atoms with E-state index in [0.717, 1.165) is 4.90 Å². The maximum Gasteiger partial charge on any atom is 0.391 e. The molecule has 2 unspecified atom stereocenters. The molecule has 0 radical (unpaired) electrons. The highest BCUT2D eigenvalue weighted by Gasteiger charge is 2.37. The molecule has 104 valence electrons. The zero-order valence-electron chi connectivity index (χ0n) is 10.4. The topological polar surface area (TPSA) is 49.4 Å². The molecule has 1 heterocycles. The molecule has 0 aromatic carbocycles. The van der Waals surface area contributed by atoms with Crippen molar-refractivity contribution in [2.45, 2.75) is 51.4 Å². The van der Waals surface area contributed by atoms with E-state index in [4.69, 9.17) is 0 Å². The lowest BCUT2D eigenvalue weighted by Gasteiger charge is -2.30. The molecule has 0 aromatic rings. The number of carbonyl (C=O) groups excluding carboxylic acids is 2. The second kappa shape index (κ2) is 5.58. The maximum atomic E-state index is 12.3. The van der Waals surface area contributed by atoms with E-state index in [9.17, 15) is 22.8 Å². The molecule has 1 rings (SSSR count). The number of amides is 2. The molecular weight excluding hydrogens is 249 g/mol. The lowest BCUT2D eigenvalue weighted by molar-refractivity contribution is -0.153. The van der Waals surface area contributed by atoms with Crippen molar-refractivity contribution in [3.8, 4) is 0 Å². The van der Waals surface area contributed by atoms with Gasteiger partial charge < -0.3 is 10.2 Å². The average molecular weight is 266 g/mol. The third-order valence-corrected chi connectivity index (χ3v) is 2.96. The number of rotatable bonds is 3. The molecule has 1 N–H and O–H groups in total. The fourth-order valence-corrected chi connectivity index (χ4v) is 2.02. The monoisotopic (exact) mass is 266 g/mol. The van der Waals surface area contributed by atoms with Gasteiger partial charge in [-0.25, -0.2) is 0 Å². The quantitative estimate of drug-likeness (QED) is 0.840. The van der Waals surface area contributed by atoms with Gasteiger partial charge in [0.15, 0.2) is 0 Å². The van der Waals surface area contributed by atoms with Crippen molar-refractivity contribution in [1.29, 1.82) is 0 Å². The summed E-state index contributed by atoms with van der Waals surface area (Å²) >= 11 is 0. The summed E-state index contributed by atoms with van der Waals surface area (Å²) in [5, 5.41) is 2.51. The van der Waals surface area contributed by atoms with Crippen LogP contribution in [-0.2, 0) is 9.59 Å². The number of alkyl halides is 3. The molecule has 2 amide bonds. The van der Waals surface area contributed by atoms with Crippen LogP contribution in [0.25, 0.3) is 0 Å². The standard InChI is InChI=1S/C11H17F3N2O2/c1-3-8-10(18)16(5-4-9(17)15-8)7(2)6-11(12,13)14/h7-8H,3-6H2,1-2H3,(H,15,17). The number of carbonyl (C=O) groups is 2. The van der Waals surface area contributed by atoms with Crippen molar-refractivity contribution < 1.29 is 22.8 Å². The Bertz CT molecular complexity index is 331. The summed E-state index contributed by atoms with van der Waals surface area (Å²) in [5.41, 5.74) is 0. The normalized spacial score (nSPS) is 23.6. The van der Waals surface area contributed by atoms with Gasteiger partial charge in [0.05, 0.1) is 6.42 Å². The van der Waals surface area contributed by atoms with Crippen LogP contribution >= 0.6 is 0 Å². The molecule has 1 aliphatic rings. The van der Waals surface area contributed by atoms with Crippen molar-refractivity contribution in [3.05, 3.63) is 0 Å². The fraction of sp³-hybridized carbons (Fsp3) is 0.818. The number of nitrogens with zero attached hydrogens (tertiary/aromatic N) is 1. The van der Waals surface area contributed by atoms with Crippen LogP contribution in [0.4, 0.5) is 13.2 Å². The second-order valence-corrected chi connectivity index (χ2v) is 4.48. The number of nitrogens with one attached hydrogen (secondary N) is 1. The minimum Gasteiger partial charge on any atom is -0.344 e. The minimum atomic E-state index is -4.31. The van der Waals surface area contributed by atoms with Crippen LogP contribution in [0.1, 0.15) is 33.1 Å². The van der Waals surface area contributed by atoms with E-state index in [1.165, 1.54) is 6.92 Å². The Hall–Kier alpha value is -1.27. The molecule has 18 heavy (non-hydrogen) atoms. The number of halogens is 3. The second-order valence-electron chi connectivity index (χ2n) is 4.48. The smallest absolute Gasteiger partial charge is 0.344 e. The lowest BCUT2D eigenvalue weighted by atomic mass is 10.1. The molecule has 0 aliphatic carbocycles. The van der Waals surface area contributed by atoms with Gasteiger partial charge in [0.2, 0.25) is 11.8 Å². The molecule has 1 aliphatic heterocycles.